The molecule has 0 radical (unpaired) electrons. The Balaban J connectivity index is 2.14. The van der Waals surface area contributed by atoms with Crippen LogP contribution in [0.15, 0.2) is 23.1 Å². The molecule has 0 aromatic heterocycles. The molecule has 6 nitrogen and oxygen atoms in total. The number of hydrogen-bond donors (Lipinski definition) is 0. The molecule has 1 aliphatic heterocycles. The molecule has 23 heavy (non-hydrogen) atoms. The first-order chi connectivity index (χ1) is 10.9. The van der Waals surface area contributed by atoms with Crippen LogP contribution in [0, 0.1) is 11.6 Å². The third kappa shape index (κ3) is 3.97. The largest absolute Gasteiger partial charge is 0.450 e. The van der Waals surface area contributed by atoms with Crippen LogP contribution >= 0.6 is 0 Å². The van der Waals surface area contributed by atoms with E-state index in [4.69, 9.17) is 4.74 Å². The number of carbonyl (C=O) groups excluding carboxylic acids is 1. The van der Waals surface area contributed by atoms with E-state index in [-0.39, 0.29) is 31.1 Å². The molecule has 1 heterocycles. The lowest BCUT2D eigenvalue weighted by Gasteiger charge is -2.21. The molecule has 1 amide bonds. The van der Waals surface area contributed by atoms with E-state index in [0.29, 0.717) is 19.0 Å². The Labute approximate surface area is 133 Å². The lowest BCUT2D eigenvalue weighted by molar-refractivity contribution is 0.109. The predicted octanol–water partition coefficient (Wildman–Crippen LogP) is 1.82. The van der Waals surface area contributed by atoms with Crippen LogP contribution in [0.2, 0.25) is 0 Å². The highest BCUT2D eigenvalue weighted by Gasteiger charge is 2.29. The molecule has 0 spiro atoms. The normalized spacial score (nSPS) is 16.9. The Morgan fingerprint density at radius 1 is 1.17 bits per heavy atom. The van der Waals surface area contributed by atoms with Crippen molar-refractivity contribution in [2.75, 3.05) is 32.8 Å². The minimum absolute atomic E-state index is 0.0696. The van der Waals surface area contributed by atoms with E-state index in [1.807, 2.05) is 0 Å². The highest BCUT2D eigenvalue weighted by Crippen LogP contribution is 2.20. The van der Waals surface area contributed by atoms with E-state index in [1.165, 1.54) is 9.21 Å². The molecule has 1 fully saturated rings. The molecule has 0 saturated carbocycles. The van der Waals surface area contributed by atoms with E-state index < -0.39 is 27.8 Å². The van der Waals surface area contributed by atoms with Gasteiger partial charge in [0.1, 0.15) is 0 Å². The summed E-state index contributed by atoms with van der Waals surface area (Å²) in [4.78, 5) is 12.8. The van der Waals surface area contributed by atoms with Gasteiger partial charge < -0.3 is 9.64 Å². The number of benzene rings is 1. The van der Waals surface area contributed by atoms with Crippen LogP contribution < -0.4 is 0 Å². The van der Waals surface area contributed by atoms with E-state index in [1.54, 1.807) is 6.92 Å². The lowest BCUT2D eigenvalue weighted by atomic mass is 10.3. The van der Waals surface area contributed by atoms with Crippen LogP contribution in [-0.4, -0.2) is 56.5 Å². The molecular weight excluding hydrogens is 330 g/mol. The van der Waals surface area contributed by atoms with E-state index >= 15 is 0 Å². The summed E-state index contributed by atoms with van der Waals surface area (Å²) in [6.07, 6.45) is -0.0542. The first-order valence-electron chi connectivity index (χ1n) is 7.23. The Morgan fingerprint density at radius 3 is 2.57 bits per heavy atom. The van der Waals surface area contributed by atoms with Crippen molar-refractivity contribution in [3.63, 3.8) is 0 Å². The average molecular weight is 348 g/mol. The maximum absolute atomic E-state index is 13.3. The van der Waals surface area contributed by atoms with Gasteiger partial charge >= 0.3 is 6.09 Å². The van der Waals surface area contributed by atoms with E-state index in [9.17, 15) is 22.0 Å². The van der Waals surface area contributed by atoms with Crippen molar-refractivity contribution < 1.29 is 26.7 Å². The maximum Gasteiger partial charge on any atom is 0.409 e. The Kier molecular flexibility index (Phi) is 5.53. The van der Waals surface area contributed by atoms with Gasteiger partial charge in [-0.15, -0.1) is 0 Å². The van der Waals surface area contributed by atoms with Crippen LogP contribution in [-0.2, 0) is 14.8 Å². The van der Waals surface area contributed by atoms with Crippen molar-refractivity contribution in [1.29, 1.82) is 0 Å². The molecule has 1 aromatic rings. The third-order valence-corrected chi connectivity index (χ3v) is 5.40. The number of halogens is 2. The minimum atomic E-state index is -3.94. The van der Waals surface area contributed by atoms with Gasteiger partial charge in [0, 0.05) is 26.2 Å². The molecule has 0 atom stereocenters. The fourth-order valence-electron chi connectivity index (χ4n) is 2.32. The highest BCUT2D eigenvalue weighted by molar-refractivity contribution is 7.89. The van der Waals surface area contributed by atoms with Gasteiger partial charge in [-0.25, -0.2) is 22.0 Å². The summed E-state index contributed by atoms with van der Waals surface area (Å²) in [6.45, 7) is 2.75. The summed E-state index contributed by atoms with van der Waals surface area (Å²) < 4.78 is 57.3. The summed E-state index contributed by atoms with van der Waals surface area (Å²) in [5.74, 6) is -2.32. The number of carbonyl (C=O) groups is 1. The average Bonchev–Trinajstić information content (AvgIpc) is 2.76. The second-order valence-electron chi connectivity index (χ2n) is 5.02. The number of nitrogens with zero attached hydrogens (tertiary/aromatic N) is 2. The molecule has 1 saturated heterocycles. The minimum Gasteiger partial charge on any atom is -0.450 e. The SMILES string of the molecule is CCOC(=O)N1CCCN(S(=O)(=O)c2ccc(F)c(F)c2)CC1. The van der Waals surface area contributed by atoms with Crippen LogP contribution in [0.1, 0.15) is 13.3 Å². The number of sulfonamides is 1. The monoisotopic (exact) mass is 348 g/mol. The molecule has 128 valence electrons. The second-order valence-corrected chi connectivity index (χ2v) is 6.96. The number of amides is 1. The van der Waals surface area contributed by atoms with Gasteiger partial charge in [0.2, 0.25) is 10.0 Å². The zero-order chi connectivity index (χ0) is 17.0. The van der Waals surface area contributed by atoms with E-state index in [2.05, 4.69) is 0 Å². The summed E-state index contributed by atoms with van der Waals surface area (Å²) in [7, 11) is -3.94. The first-order valence-corrected chi connectivity index (χ1v) is 8.67. The van der Waals surface area contributed by atoms with Gasteiger partial charge in [0.05, 0.1) is 11.5 Å². The molecule has 0 bridgehead atoms. The maximum atomic E-state index is 13.3. The summed E-state index contributed by atoms with van der Waals surface area (Å²) in [5.41, 5.74) is 0. The highest BCUT2D eigenvalue weighted by atomic mass is 32.2. The van der Waals surface area contributed by atoms with Crippen molar-refractivity contribution in [3.8, 4) is 0 Å². The molecule has 0 unspecified atom stereocenters. The summed E-state index contributed by atoms with van der Waals surface area (Å²) >= 11 is 0. The molecule has 9 heteroatoms. The Hall–Kier alpha value is -1.74. The molecule has 2 rings (SSSR count). The second kappa shape index (κ2) is 7.22. The van der Waals surface area contributed by atoms with E-state index in [0.717, 1.165) is 12.1 Å². The summed E-state index contributed by atoms with van der Waals surface area (Å²) in [6, 6.07) is 2.48. The van der Waals surface area contributed by atoms with Crippen molar-refractivity contribution >= 4 is 16.1 Å². The number of ether oxygens (including phenoxy) is 1. The number of hydrogen-bond acceptors (Lipinski definition) is 4. The van der Waals surface area contributed by atoms with Crippen molar-refractivity contribution in [3.05, 3.63) is 29.8 Å². The van der Waals surface area contributed by atoms with Gasteiger partial charge in [0.25, 0.3) is 0 Å². The lowest BCUT2D eigenvalue weighted by Crippen LogP contribution is -2.37. The predicted molar refractivity (Wildman–Crippen MR) is 78.3 cm³/mol. The molecule has 0 aliphatic carbocycles. The van der Waals surface area contributed by atoms with Gasteiger partial charge in [0.15, 0.2) is 11.6 Å². The van der Waals surface area contributed by atoms with Gasteiger partial charge in [-0.2, -0.15) is 4.31 Å². The topological polar surface area (TPSA) is 66.9 Å². The van der Waals surface area contributed by atoms with Gasteiger partial charge in [-0.3, -0.25) is 0 Å². The van der Waals surface area contributed by atoms with Gasteiger partial charge in [-0.1, -0.05) is 0 Å². The molecular formula is C14H18F2N2O4S. The Bertz CT molecular complexity index is 681. The van der Waals surface area contributed by atoms with Crippen LogP contribution in [0.25, 0.3) is 0 Å². The van der Waals surface area contributed by atoms with Crippen molar-refractivity contribution in [2.24, 2.45) is 0 Å². The molecule has 0 N–H and O–H groups in total. The Morgan fingerprint density at radius 2 is 1.91 bits per heavy atom. The standard InChI is InChI=1S/C14H18F2N2O4S/c1-2-22-14(19)17-6-3-7-18(9-8-17)23(20,21)11-4-5-12(15)13(16)10-11/h4-5,10H,2-3,6-9H2,1H3. The van der Waals surface area contributed by atoms with Crippen LogP contribution in [0.5, 0.6) is 0 Å². The fourth-order valence-corrected chi connectivity index (χ4v) is 3.80. The zero-order valence-corrected chi connectivity index (χ0v) is 13.5. The van der Waals surface area contributed by atoms with Crippen LogP contribution in [0.3, 0.4) is 0 Å². The summed E-state index contributed by atoms with van der Waals surface area (Å²) in [5, 5.41) is 0. The third-order valence-electron chi connectivity index (χ3n) is 3.51. The number of rotatable bonds is 3. The quantitative estimate of drug-likeness (QED) is 0.836. The van der Waals surface area contributed by atoms with Crippen LogP contribution in [0.4, 0.5) is 13.6 Å². The van der Waals surface area contributed by atoms with Gasteiger partial charge in [-0.05, 0) is 31.5 Å². The molecule has 1 aliphatic rings. The smallest absolute Gasteiger partial charge is 0.409 e. The fraction of sp³-hybridized carbons (Fsp3) is 0.500. The molecule has 1 aromatic carbocycles. The zero-order valence-electron chi connectivity index (χ0n) is 12.7. The van der Waals surface area contributed by atoms with Crippen molar-refractivity contribution in [2.45, 2.75) is 18.2 Å². The first kappa shape index (κ1) is 17.6. The van der Waals surface area contributed by atoms with Crippen molar-refractivity contribution in [1.82, 2.24) is 9.21 Å².